The topological polar surface area (TPSA) is 93.5 Å². The van der Waals surface area contributed by atoms with Crippen molar-refractivity contribution in [3.63, 3.8) is 0 Å². The van der Waals surface area contributed by atoms with Gasteiger partial charge < -0.3 is 21.1 Å². The van der Waals surface area contributed by atoms with Crippen LogP contribution in [0.25, 0.3) is 0 Å². The van der Waals surface area contributed by atoms with Crippen molar-refractivity contribution in [2.45, 2.75) is 19.9 Å². The molecular weight excluding hydrogens is 246 g/mol. The SMILES string of the molecule is CC(N)C(C)C(=O)Nc1ccc2c(c1)OCC(=O)N2. The second-order valence-electron chi connectivity index (χ2n) is 4.68. The first-order valence-electron chi connectivity index (χ1n) is 6.10. The highest BCUT2D eigenvalue weighted by Crippen LogP contribution is 2.30. The van der Waals surface area contributed by atoms with Gasteiger partial charge in [0.2, 0.25) is 5.91 Å². The Morgan fingerprint density at radius 2 is 2.21 bits per heavy atom. The Kier molecular flexibility index (Phi) is 3.71. The van der Waals surface area contributed by atoms with Gasteiger partial charge in [0.05, 0.1) is 11.6 Å². The Morgan fingerprint density at radius 1 is 1.47 bits per heavy atom. The Balaban J connectivity index is 2.10. The number of hydrogen-bond donors (Lipinski definition) is 3. The van der Waals surface area contributed by atoms with E-state index in [9.17, 15) is 9.59 Å². The summed E-state index contributed by atoms with van der Waals surface area (Å²) >= 11 is 0. The summed E-state index contributed by atoms with van der Waals surface area (Å²) in [5.74, 6) is -0.0628. The molecule has 1 aliphatic heterocycles. The lowest BCUT2D eigenvalue weighted by atomic mass is 10.0. The van der Waals surface area contributed by atoms with Gasteiger partial charge in [0, 0.05) is 17.8 Å². The minimum absolute atomic E-state index is 0.0133. The highest BCUT2D eigenvalue weighted by Gasteiger charge is 2.19. The summed E-state index contributed by atoms with van der Waals surface area (Å²) < 4.78 is 5.28. The van der Waals surface area contributed by atoms with Crippen molar-refractivity contribution in [1.82, 2.24) is 0 Å². The van der Waals surface area contributed by atoms with Gasteiger partial charge in [-0.2, -0.15) is 0 Å². The second kappa shape index (κ2) is 5.27. The largest absolute Gasteiger partial charge is 0.482 e. The van der Waals surface area contributed by atoms with Gasteiger partial charge in [-0.3, -0.25) is 9.59 Å². The molecule has 6 heteroatoms. The smallest absolute Gasteiger partial charge is 0.262 e. The van der Waals surface area contributed by atoms with Crippen LogP contribution in [-0.4, -0.2) is 24.5 Å². The molecule has 1 aliphatic rings. The van der Waals surface area contributed by atoms with Crippen molar-refractivity contribution in [1.29, 1.82) is 0 Å². The summed E-state index contributed by atoms with van der Waals surface area (Å²) in [6.07, 6.45) is 0. The summed E-state index contributed by atoms with van der Waals surface area (Å²) in [6, 6.07) is 4.87. The molecule has 0 bridgehead atoms. The van der Waals surface area contributed by atoms with Crippen LogP contribution < -0.4 is 21.1 Å². The third kappa shape index (κ3) is 3.03. The van der Waals surface area contributed by atoms with Gasteiger partial charge in [-0.15, -0.1) is 0 Å². The zero-order valence-corrected chi connectivity index (χ0v) is 10.9. The second-order valence-corrected chi connectivity index (χ2v) is 4.68. The van der Waals surface area contributed by atoms with Gasteiger partial charge in [-0.25, -0.2) is 0 Å². The summed E-state index contributed by atoms with van der Waals surface area (Å²) in [7, 11) is 0. The van der Waals surface area contributed by atoms with Gasteiger partial charge >= 0.3 is 0 Å². The fourth-order valence-electron chi connectivity index (χ4n) is 1.65. The number of fused-ring (bicyclic) bond motifs is 1. The standard InChI is InChI=1S/C13H17N3O3/c1-7(8(2)14)13(18)15-9-3-4-10-11(5-9)19-6-12(17)16-10/h3-5,7-8H,6,14H2,1-2H3,(H,15,18)(H,16,17). The molecule has 2 rings (SSSR count). The molecule has 6 nitrogen and oxygen atoms in total. The van der Waals surface area contributed by atoms with Gasteiger partial charge in [0.15, 0.2) is 6.61 Å². The lowest BCUT2D eigenvalue weighted by molar-refractivity contribution is -0.120. The molecule has 0 fully saturated rings. The average molecular weight is 263 g/mol. The maximum atomic E-state index is 11.9. The Bertz CT molecular complexity index is 514. The highest BCUT2D eigenvalue weighted by molar-refractivity contribution is 5.97. The number of nitrogens with one attached hydrogen (secondary N) is 2. The normalized spacial score (nSPS) is 16.7. The van der Waals surface area contributed by atoms with Gasteiger partial charge in [0.1, 0.15) is 5.75 Å². The molecule has 2 atom stereocenters. The Hall–Kier alpha value is -2.08. The molecule has 0 saturated carbocycles. The van der Waals surface area contributed by atoms with E-state index < -0.39 is 0 Å². The van der Waals surface area contributed by atoms with Crippen LogP contribution in [0.2, 0.25) is 0 Å². The number of carbonyl (C=O) groups is 2. The number of ether oxygens (including phenoxy) is 1. The van der Waals surface area contributed by atoms with Crippen molar-refractivity contribution in [2.24, 2.45) is 11.7 Å². The van der Waals surface area contributed by atoms with Crippen LogP contribution in [0, 0.1) is 5.92 Å². The molecule has 4 N–H and O–H groups in total. The van der Waals surface area contributed by atoms with Crippen LogP contribution in [-0.2, 0) is 9.59 Å². The molecule has 2 unspecified atom stereocenters. The van der Waals surface area contributed by atoms with Gasteiger partial charge in [0.25, 0.3) is 5.91 Å². The molecular formula is C13H17N3O3. The van der Waals surface area contributed by atoms with Crippen LogP contribution in [0.4, 0.5) is 11.4 Å². The monoisotopic (exact) mass is 263 g/mol. The average Bonchev–Trinajstić information content (AvgIpc) is 2.37. The number of hydrogen-bond acceptors (Lipinski definition) is 4. The van der Waals surface area contributed by atoms with E-state index >= 15 is 0 Å². The predicted octanol–water partition coefficient (Wildman–Crippen LogP) is 0.939. The number of rotatable bonds is 3. The first-order valence-corrected chi connectivity index (χ1v) is 6.10. The first-order chi connectivity index (χ1) is 8.97. The third-order valence-corrected chi connectivity index (χ3v) is 3.08. The van der Waals surface area contributed by atoms with Crippen molar-refractivity contribution in [3.05, 3.63) is 18.2 Å². The summed E-state index contributed by atoms with van der Waals surface area (Å²) in [6.45, 7) is 3.55. The summed E-state index contributed by atoms with van der Waals surface area (Å²) in [4.78, 5) is 23.0. The van der Waals surface area contributed by atoms with E-state index in [4.69, 9.17) is 10.5 Å². The van der Waals surface area contributed by atoms with E-state index in [-0.39, 0.29) is 30.4 Å². The van der Waals surface area contributed by atoms with Crippen molar-refractivity contribution in [3.8, 4) is 5.75 Å². The molecule has 1 aromatic rings. The zero-order chi connectivity index (χ0) is 14.0. The van der Waals surface area contributed by atoms with E-state index in [0.29, 0.717) is 17.1 Å². The lowest BCUT2D eigenvalue weighted by Gasteiger charge is -2.20. The van der Waals surface area contributed by atoms with Crippen LogP contribution in [0.3, 0.4) is 0 Å². The van der Waals surface area contributed by atoms with E-state index in [1.54, 1.807) is 32.0 Å². The first kappa shape index (κ1) is 13.4. The Morgan fingerprint density at radius 3 is 2.89 bits per heavy atom. The number of anilines is 2. The Labute approximate surface area is 111 Å². The molecule has 0 radical (unpaired) electrons. The molecule has 2 amide bonds. The minimum Gasteiger partial charge on any atom is -0.482 e. The molecule has 1 aromatic carbocycles. The number of benzene rings is 1. The number of amides is 2. The van der Waals surface area contributed by atoms with E-state index in [2.05, 4.69) is 10.6 Å². The maximum Gasteiger partial charge on any atom is 0.262 e. The van der Waals surface area contributed by atoms with Crippen LogP contribution in [0.15, 0.2) is 18.2 Å². The van der Waals surface area contributed by atoms with Crippen LogP contribution in [0.1, 0.15) is 13.8 Å². The molecule has 0 spiro atoms. The summed E-state index contributed by atoms with van der Waals surface area (Å²) in [5, 5.41) is 5.46. The fourth-order valence-corrected chi connectivity index (χ4v) is 1.65. The van der Waals surface area contributed by atoms with Crippen LogP contribution in [0.5, 0.6) is 5.75 Å². The lowest BCUT2D eigenvalue weighted by Crippen LogP contribution is -2.34. The van der Waals surface area contributed by atoms with Crippen molar-refractivity contribution in [2.75, 3.05) is 17.2 Å². The summed E-state index contributed by atoms with van der Waals surface area (Å²) in [5.41, 5.74) is 6.91. The van der Waals surface area contributed by atoms with Crippen molar-refractivity contribution < 1.29 is 14.3 Å². The molecule has 0 saturated heterocycles. The van der Waals surface area contributed by atoms with E-state index in [1.165, 1.54) is 0 Å². The predicted molar refractivity (Wildman–Crippen MR) is 72.0 cm³/mol. The van der Waals surface area contributed by atoms with E-state index in [0.717, 1.165) is 0 Å². The van der Waals surface area contributed by atoms with Crippen LogP contribution >= 0.6 is 0 Å². The third-order valence-electron chi connectivity index (χ3n) is 3.08. The quantitative estimate of drug-likeness (QED) is 0.756. The zero-order valence-electron chi connectivity index (χ0n) is 10.9. The molecule has 0 aromatic heterocycles. The molecule has 1 heterocycles. The molecule has 0 aliphatic carbocycles. The number of carbonyl (C=O) groups excluding carboxylic acids is 2. The molecule has 19 heavy (non-hydrogen) atoms. The maximum absolute atomic E-state index is 11.9. The number of nitrogens with two attached hydrogens (primary N) is 1. The van der Waals surface area contributed by atoms with Gasteiger partial charge in [-0.05, 0) is 19.1 Å². The minimum atomic E-state index is -0.281. The van der Waals surface area contributed by atoms with Gasteiger partial charge in [-0.1, -0.05) is 6.92 Å². The fraction of sp³-hybridized carbons (Fsp3) is 0.385. The highest BCUT2D eigenvalue weighted by atomic mass is 16.5. The van der Waals surface area contributed by atoms with Crippen molar-refractivity contribution >= 4 is 23.2 Å². The van der Waals surface area contributed by atoms with E-state index in [1.807, 2.05) is 0 Å². The molecule has 102 valence electrons.